The normalized spacial score (nSPS) is 10.3. The summed E-state index contributed by atoms with van der Waals surface area (Å²) in [4.78, 5) is 10.9. The van der Waals surface area contributed by atoms with Gasteiger partial charge in [-0.2, -0.15) is 0 Å². The molecule has 0 radical (unpaired) electrons. The Hall–Kier alpha value is -1.88. The van der Waals surface area contributed by atoms with Gasteiger partial charge >= 0.3 is 5.97 Å². The lowest BCUT2D eigenvalue weighted by Crippen LogP contribution is -2.06. The summed E-state index contributed by atoms with van der Waals surface area (Å²) < 4.78 is 14.6. The second kappa shape index (κ2) is 6.05. The molecule has 0 spiro atoms. The van der Waals surface area contributed by atoms with Gasteiger partial charge in [-0.05, 0) is 42.8 Å². The number of halogens is 2. The van der Waals surface area contributed by atoms with Crippen molar-refractivity contribution in [3.8, 4) is 0 Å². The molecule has 20 heavy (non-hydrogen) atoms. The highest BCUT2D eigenvalue weighted by Gasteiger charge is 2.09. The Morgan fingerprint density at radius 3 is 2.80 bits per heavy atom. The van der Waals surface area contributed by atoms with Gasteiger partial charge in [-0.1, -0.05) is 22.0 Å². The van der Waals surface area contributed by atoms with Crippen LogP contribution in [0.2, 0.25) is 0 Å². The molecule has 0 aliphatic heterocycles. The van der Waals surface area contributed by atoms with Gasteiger partial charge in [-0.25, -0.2) is 9.18 Å². The van der Waals surface area contributed by atoms with Crippen molar-refractivity contribution in [2.24, 2.45) is 0 Å². The van der Waals surface area contributed by atoms with Crippen LogP contribution >= 0.6 is 15.9 Å². The number of nitrogens with one attached hydrogen (secondary N) is 1. The molecule has 0 unspecified atom stereocenters. The van der Waals surface area contributed by atoms with Crippen LogP contribution in [0, 0.1) is 12.7 Å². The summed E-state index contributed by atoms with van der Waals surface area (Å²) in [6.07, 6.45) is 0. The molecule has 0 atom stereocenters. The fraction of sp³-hybridized carbons (Fsp3) is 0.133. The molecule has 0 saturated heterocycles. The number of carboxylic acid groups (broad SMARTS) is 1. The van der Waals surface area contributed by atoms with Gasteiger partial charge < -0.3 is 10.4 Å². The molecule has 104 valence electrons. The van der Waals surface area contributed by atoms with Crippen LogP contribution in [0.5, 0.6) is 0 Å². The molecule has 2 aromatic carbocycles. The molecule has 5 heteroatoms. The van der Waals surface area contributed by atoms with E-state index in [0.717, 1.165) is 15.7 Å². The fourth-order valence-corrected chi connectivity index (χ4v) is 2.20. The lowest BCUT2D eigenvalue weighted by molar-refractivity contribution is 0.0696. The highest BCUT2D eigenvalue weighted by Crippen LogP contribution is 2.24. The average molecular weight is 338 g/mol. The second-order valence-electron chi connectivity index (χ2n) is 4.38. The summed E-state index contributed by atoms with van der Waals surface area (Å²) in [6, 6.07) is 9.46. The first-order chi connectivity index (χ1) is 9.49. The smallest absolute Gasteiger partial charge is 0.335 e. The number of anilines is 1. The Kier molecular flexibility index (Phi) is 4.39. The molecule has 0 saturated carbocycles. The molecule has 2 N–H and O–H groups in total. The lowest BCUT2D eigenvalue weighted by Gasteiger charge is -2.11. The maximum absolute atomic E-state index is 13.7. The van der Waals surface area contributed by atoms with Crippen molar-refractivity contribution >= 4 is 27.6 Å². The largest absolute Gasteiger partial charge is 0.478 e. The van der Waals surface area contributed by atoms with Gasteiger partial charge in [0.1, 0.15) is 5.82 Å². The standard InChI is InChI=1S/C15H13BrFNO2/c1-9-12(16)3-2-4-14(9)18-8-11-7-10(15(19)20)5-6-13(11)17/h2-7,18H,8H2,1H3,(H,19,20). The van der Waals surface area contributed by atoms with E-state index in [2.05, 4.69) is 21.2 Å². The number of hydrogen-bond donors (Lipinski definition) is 2. The monoisotopic (exact) mass is 337 g/mol. The molecule has 0 heterocycles. The molecule has 0 aromatic heterocycles. The lowest BCUT2D eigenvalue weighted by atomic mass is 10.1. The molecular formula is C15H13BrFNO2. The van der Waals surface area contributed by atoms with Crippen LogP contribution in [-0.2, 0) is 6.54 Å². The van der Waals surface area contributed by atoms with E-state index in [1.54, 1.807) is 0 Å². The van der Waals surface area contributed by atoms with Crippen molar-refractivity contribution in [3.05, 3.63) is 63.4 Å². The van der Waals surface area contributed by atoms with Crippen LogP contribution in [0.15, 0.2) is 40.9 Å². The van der Waals surface area contributed by atoms with E-state index >= 15 is 0 Å². The molecule has 2 rings (SSSR count). The Morgan fingerprint density at radius 2 is 2.10 bits per heavy atom. The van der Waals surface area contributed by atoms with E-state index in [4.69, 9.17) is 5.11 Å². The second-order valence-corrected chi connectivity index (χ2v) is 5.23. The van der Waals surface area contributed by atoms with E-state index in [1.165, 1.54) is 18.2 Å². The van der Waals surface area contributed by atoms with Crippen molar-refractivity contribution in [2.75, 3.05) is 5.32 Å². The van der Waals surface area contributed by atoms with Crippen LogP contribution in [-0.4, -0.2) is 11.1 Å². The van der Waals surface area contributed by atoms with Crippen LogP contribution in [0.1, 0.15) is 21.5 Å². The van der Waals surface area contributed by atoms with E-state index in [9.17, 15) is 9.18 Å². The van der Waals surface area contributed by atoms with Gasteiger partial charge in [0.2, 0.25) is 0 Å². The predicted molar refractivity (Wildman–Crippen MR) is 79.6 cm³/mol. The van der Waals surface area contributed by atoms with Crippen molar-refractivity contribution in [3.63, 3.8) is 0 Å². The van der Waals surface area contributed by atoms with E-state index in [0.29, 0.717) is 5.56 Å². The Balaban J connectivity index is 2.20. The summed E-state index contributed by atoms with van der Waals surface area (Å²) in [5.74, 6) is -1.49. The number of rotatable bonds is 4. The molecule has 0 amide bonds. The average Bonchev–Trinajstić information content (AvgIpc) is 2.41. The third kappa shape index (κ3) is 3.17. The van der Waals surface area contributed by atoms with E-state index in [1.807, 2.05) is 25.1 Å². The minimum Gasteiger partial charge on any atom is -0.478 e. The van der Waals surface area contributed by atoms with Gasteiger partial charge in [0.05, 0.1) is 5.56 Å². The zero-order valence-electron chi connectivity index (χ0n) is 10.8. The summed E-state index contributed by atoms with van der Waals surface area (Å²) in [7, 11) is 0. The number of carboxylic acids is 1. The van der Waals surface area contributed by atoms with Crippen LogP contribution in [0.4, 0.5) is 10.1 Å². The van der Waals surface area contributed by atoms with Gasteiger partial charge in [0, 0.05) is 22.3 Å². The van der Waals surface area contributed by atoms with Crippen molar-refractivity contribution in [2.45, 2.75) is 13.5 Å². The first kappa shape index (κ1) is 14.5. The zero-order valence-corrected chi connectivity index (χ0v) is 12.4. The molecular weight excluding hydrogens is 325 g/mol. The minimum absolute atomic E-state index is 0.0779. The predicted octanol–water partition coefficient (Wildman–Crippen LogP) is 4.21. The molecule has 2 aromatic rings. The van der Waals surface area contributed by atoms with Crippen molar-refractivity contribution < 1.29 is 14.3 Å². The summed E-state index contributed by atoms with van der Waals surface area (Å²) in [6.45, 7) is 2.17. The Morgan fingerprint density at radius 1 is 1.35 bits per heavy atom. The SMILES string of the molecule is Cc1c(Br)cccc1NCc1cc(C(=O)O)ccc1F. The highest BCUT2D eigenvalue weighted by atomic mass is 79.9. The summed E-state index contributed by atoms with van der Waals surface area (Å²) in [5, 5.41) is 12.0. The van der Waals surface area contributed by atoms with Gasteiger partial charge in [0.15, 0.2) is 0 Å². The maximum atomic E-state index is 13.7. The van der Waals surface area contributed by atoms with Gasteiger partial charge in [-0.15, -0.1) is 0 Å². The fourth-order valence-electron chi connectivity index (χ4n) is 1.83. The number of hydrogen-bond acceptors (Lipinski definition) is 2. The van der Waals surface area contributed by atoms with Crippen LogP contribution < -0.4 is 5.32 Å². The number of aromatic carboxylic acids is 1. The number of carbonyl (C=O) groups is 1. The van der Waals surface area contributed by atoms with Crippen LogP contribution in [0.3, 0.4) is 0 Å². The zero-order chi connectivity index (χ0) is 14.7. The molecule has 0 aliphatic carbocycles. The molecule has 0 bridgehead atoms. The molecule has 0 aliphatic rings. The highest BCUT2D eigenvalue weighted by molar-refractivity contribution is 9.10. The number of benzene rings is 2. The van der Waals surface area contributed by atoms with Crippen LogP contribution in [0.25, 0.3) is 0 Å². The molecule has 0 fully saturated rings. The Bertz CT molecular complexity index is 658. The Labute approximate surface area is 124 Å². The van der Waals surface area contributed by atoms with E-state index in [-0.39, 0.29) is 12.1 Å². The third-order valence-corrected chi connectivity index (χ3v) is 3.89. The quantitative estimate of drug-likeness (QED) is 0.878. The van der Waals surface area contributed by atoms with Gasteiger partial charge in [-0.3, -0.25) is 0 Å². The molecule has 3 nitrogen and oxygen atoms in total. The van der Waals surface area contributed by atoms with Crippen molar-refractivity contribution in [1.29, 1.82) is 0 Å². The van der Waals surface area contributed by atoms with Gasteiger partial charge in [0.25, 0.3) is 0 Å². The topological polar surface area (TPSA) is 49.3 Å². The van der Waals surface area contributed by atoms with E-state index < -0.39 is 11.8 Å². The first-order valence-electron chi connectivity index (χ1n) is 5.99. The first-order valence-corrected chi connectivity index (χ1v) is 6.79. The summed E-state index contributed by atoms with van der Waals surface area (Å²) >= 11 is 3.43. The third-order valence-electron chi connectivity index (χ3n) is 3.03. The summed E-state index contributed by atoms with van der Waals surface area (Å²) in [5.41, 5.74) is 2.29. The maximum Gasteiger partial charge on any atom is 0.335 e. The minimum atomic E-state index is -1.06. The van der Waals surface area contributed by atoms with Crippen molar-refractivity contribution in [1.82, 2.24) is 0 Å².